The maximum atomic E-state index is 7.86. The molecule has 0 spiro atoms. The van der Waals surface area contributed by atoms with E-state index >= 15 is 0 Å². The Morgan fingerprint density at radius 1 is 1.71 bits per heavy atom. The van der Waals surface area contributed by atoms with Gasteiger partial charge in [-0.1, -0.05) is 23.2 Å². The van der Waals surface area contributed by atoms with E-state index in [0.717, 1.165) is 0 Å². The first-order valence-electron chi connectivity index (χ1n) is 1.45. The predicted octanol–water partition coefficient (Wildman–Crippen LogP) is 1.33. The third-order valence-electron chi connectivity index (χ3n) is 0.339. The van der Waals surface area contributed by atoms with Crippen molar-refractivity contribution in [3.8, 4) is 6.07 Å². The molecule has 0 aromatic heterocycles. The molecule has 0 bridgehead atoms. The fourth-order valence-electron chi connectivity index (χ4n) is 0.0488. The van der Waals surface area contributed by atoms with Crippen molar-refractivity contribution in [1.29, 1.82) is 10.7 Å². The van der Waals surface area contributed by atoms with Gasteiger partial charge in [-0.25, -0.2) is 0 Å². The lowest BCUT2D eigenvalue weighted by atomic mass is 10.5. The molecule has 0 rings (SSSR count). The van der Waals surface area contributed by atoms with Gasteiger partial charge < -0.3 is 0 Å². The van der Waals surface area contributed by atoms with Gasteiger partial charge >= 0.3 is 0 Å². The molecule has 1 N–H and O–H groups in total. The maximum Gasteiger partial charge on any atom is 0.159 e. The van der Waals surface area contributed by atoms with E-state index in [0.29, 0.717) is 0 Å². The molecule has 0 aliphatic carbocycles. The summed E-state index contributed by atoms with van der Waals surface area (Å²) < 4.78 is 0. The Morgan fingerprint density at radius 2 is 2.14 bits per heavy atom. The number of nitriles is 1. The lowest BCUT2D eigenvalue weighted by Gasteiger charge is -1.86. The molecule has 0 aromatic rings. The predicted molar refractivity (Wildman–Crippen MR) is 28.8 cm³/mol. The Morgan fingerprint density at radius 3 is 2.14 bits per heavy atom. The molecule has 0 amide bonds. The second-order valence-electron chi connectivity index (χ2n) is 0.826. The Balaban J connectivity index is 3.64. The summed E-state index contributed by atoms with van der Waals surface area (Å²) in [5.41, 5.74) is -0.316. The molecule has 0 aromatic carbocycles. The monoisotopic (exact) mass is 136 g/mol. The summed E-state index contributed by atoms with van der Waals surface area (Å²) in [7, 11) is 0. The smallest absolute Gasteiger partial charge is 0.159 e. The van der Waals surface area contributed by atoms with Crippen molar-refractivity contribution in [3.05, 3.63) is 0 Å². The quantitative estimate of drug-likeness (QED) is 0.430. The van der Waals surface area contributed by atoms with Crippen LogP contribution in [0.4, 0.5) is 0 Å². The number of nitrogens with one attached hydrogen (secondary N) is 1. The van der Waals surface area contributed by atoms with Gasteiger partial charge in [-0.05, 0) is 0 Å². The van der Waals surface area contributed by atoms with Crippen LogP contribution in [-0.4, -0.2) is 10.5 Å². The summed E-state index contributed by atoms with van der Waals surface area (Å²) in [6.07, 6.45) is 0. The lowest BCUT2D eigenvalue weighted by molar-refractivity contribution is 1.44. The number of hydrogen-bond donors (Lipinski definition) is 1. The largest absolute Gasteiger partial charge is 0.292 e. The molecular weight excluding hydrogens is 135 g/mol. The summed E-state index contributed by atoms with van der Waals surface area (Å²) >= 11 is 10.1. The molecule has 0 aliphatic heterocycles. The fraction of sp³-hybridized carbons (Fsp3) is 0.333. The second kappa shape index (κ2) is 2.84. The lowest BCUT2D eigenvalue weighted by Crippen LogP contribution is -2.00. The standard InChI is InChI=1S/C3H2Cl2N2/c4-3(5)2(7)1-6/h3,7H. The van der Waals surface area contributed by atoms with Gasteiger partial charge in [0.25, 0.3) is 0 Å². The summed E-state index contributed by atoms with van der Waals surface area (Å²) in [4.78, 5) is -0.968. The van der Waals surface area contributed by atoms with Gasteiger partial charge in [0.05, 0.1) is 0 Å². The highest BCUT2D eigenvalue weighted by Gasteiger charge is 2.02. The molecule has 0 heterocycles. The molecule has 38 valence electrons. The van der Waals surface area contributed by atoms with Gasteiger partial charge in [0.15, 0.2) is 4.84 Å². The summed E-state index contributed by atoms with van der Waals surface area (Å²) in [6.45, 7) is 0. The van der Waals surface area contributed by atoms with E-state index in [9.17, 15) is 0 Å². The van der Waals surface area contributed by atoms with E-state index in [1.54, 1.807) is 0 Å². The molecule has 0 aliphatic rings. The van der Waals surface area contributed by atoms with Crippen molar-refractivity contribution in [3.63, 3.8) is 0 Å². The Bertz CT molecular complexity index is 113. The summed E-state index contributed by atoms with van der Waals surface area (Å²) in [5, 5.41) is 14.4. The van der Waals surface area contributed by atoms with Crippen molar-refractivity contribution in [2.24, 2.45) is 0 Å². The van der Waals surface area contributed by atoms with Crippen molar-refractivity contribution >= 4 is 28.9 Å². The molecule has 0 fully saturated rings. The highest BCUT2D eigenvalue weighted by molar-refractivity contribution is 6.55. The molecule has 0 saturated heterocycles. The Kier molecular flexibility index (Phi) is 2.73. The number of rotatable bonds is 1. The average Bonchev–Trinajstić information content (AvgIpc) is 1.65. The summed E-state index contributed by atoms with van der Waals surface area (Å²) in [5.74, 6) is 0. The Labute approximate surface area is 51.2 Å². The first kappa shape index (κ1) is 6.74. The molecule has 0 saturated carbocycles. The minimum atomic E-state index is -0.968. The number of nitrogens with zero attached hydrogens (tertiary/aromatic N) is 1. The number of alkyl halides is 2. The molecule has 4 heteroatoms. The van der Waals surface area contributed by atoms with E-state index in [-0.39, 0.29) is 5.71 Å². The molecule has 0 atom stereocenters. The first-order chi connectivity index (χ1) is 3.18. The Hall–Kier alpha value is -0.260. The highest BCUT2D eigenvalue weighted by atomic mass is 35.5. The van der Waals surface area contributed by atoms with E-state index in [1.807, 2.05) is 0 Å². The highest BCUT2D eigenvalue weighted by Crippen LogP contribution is 2.00. The maximum absolute atomic E-state index is 7.86. The van der Waals surface area contributed by atoms with Crippen LogP contribution in [0.3, 0.4) is 0 Å². The van der Waals surface area contributed by atoms with Crippen LogP contribution in [0.2, 0.25) is 0 Å². The van der Waals surface area contributed by atoms with E-state index in [1.165, 1.54) is 6.07 Å². The van der Waals surface area contributed by atoms with Gasteiger partial charge in [0.1, 0.15) is 11.8 Å². The van der Waals surface area contributed by atoms with Crippen LogP contribution >= 0.6 is 23.2 Å². The van der Waals surface area contributed by atoms with Crippen molar-refractivity contribution in [2.75, 3.05) is 0 Å². The molecule has 0 radical (unpaired) electrons. The van der Waals surface area contributed by atoms with Crippen LogP contribution in [0.5, 0.6) is 0 Å². The van der Waals surface area contributed by atoms with Crippen LogP contribution < -0.4 is 0 Å². The van der Waals surface area contributed by atoms with Crippen LogP contribution in [0, 0.1) is 16.7 Å². The van der Waals surface area contributed by atoms with Gasteiger partial charge in [-0.3, -0.25) is 5.41 Å². The van der Waals surface area contributed by atoms with Crippen molar-refractivity contribution < 1.29 is 0 Å². The number of halogens is 2. The molecule has 7 heavy (non-hydrogen) atoms. The SMILES string of the molecule is N#CC(=N)C(Cl)Cl. The second-order valence-corrected chi connectivity index (χ2v) is 1.92. The molecule has 2 nitrogen and oxygen atoms in total. The number of hydrogen-bond acceptors (Lipinski definition) is 2. The van der Waals surface area contributed by atoms with E-state index in [2.05, 4.69) is 0 Å². The third-order valence-corrected chi connectivity index (χ3v) is 0.775. The molecule has 0 unspecified atom stereocenters. The first-order valence-corrected chi connectivity index (χ1v) is 2.32. The molecular formula is C3H2Cl2N2. The third kappa shape index (κ3) is 2.44. The van der Waals surface area contributed by atoms with E-state index < -0.39 is 4.84 Å². The van der Waals surface area contributed by atoms with Gasteiger partial charge in [0, 0.05) is 0 Å². The van der Waals surface area contributed by atoms with Crippen molar-refractivity contribution in [2.45, 2.75) is 4.84 Å². The van der Waals surface area contributed by atoms with Crippen LogP contribution in [-0.2, 0) is 0 Å². The fourth-order valence-corrected chi connectivity index (χ4v) is 0.146. The summed E-state index contributed by atoms with van der Waals surface area (Å²) in [6, 6.07) is 1.48. The minimum absolute atomic E-state index is 0.316. The van der Waals surface area contributed by atoms with Crippen LogP contribution in [0.15, 0.2) is 0 Å². The zero-order valence-electron chi connectivity index (χ0n) is 3.28. The van der Waals surface area contributed by atoms with Gasteiger partial charge in [0.2, 0.25) is 0 Å². The topological polar surface area (TPSA) is 47.6 Å². The van der Waals surface area contributed by atoms with Gasteiger partial charge in [-0.15, -0.1) is 0 Å². The van der Waals surface area contributed by atoms with Crippen molar-refractivity contribution in [1.82, 2.24) is 0 Å². The minimum Gasteiger partial charge on any atom is -0.292 e. The van der Waals surface area contributed by atoms with E-state index in [4.69, 9.17) is 33.9 Å². The normalized spacial score (nSPS) is 8.29. The zero-order valence-corrected chi connectivity index (χ0v) is 4.79. The average molecular weight is 137 g/mol. The van der Waals surface area contributed by atoms with Crippen LogP contribution in [0.1, 0.15) is 0 Å². The van der Waals surface area contributed by atoms with Crippen LogP contribution in [0.25, 0.3) is 0 Å². The zero-order chi connectivity index (χ0) is 5.86. The van der Waals surface area contributed by atoms with Gasteiger partial charge in [-0.2, -0.15) is 5.26 Å².